The lowest BCUT2D eigenvalue weighted by Gasteiger charge is -2.39. The second-order valence-electron chi connectivity index (χ2n) is 5.11. The zero-order valence-corrected chi connectivity index (χ0v) is 12.6. The minimum absolute atomic E-state index is 0.0531. The SMILES string of the molecule is CN([C@]1(NC(=O)c2ccncc2)CC[C@H](O)[C@@H]1O)S(=O)(=O)O. The molecule has 10 heteroatoms. The second kappa shape index (κ2) is 5.89. The third-order valence-corrected chi connectivity index (χ3v) is 4.87. The molecule has 1 amide bonds. The predicted octanol–water partition coefficient (Wildman–Crippen LogP) is -1.24. The highest BCUT2D eigenvalue weighted by atomic mass is 32.2. The predicted molar refractivity (Wildman–Crippen MR) is 75.0 cm³/mol. The maximum atomic E-state index is 12.3. The Morgan fingerprint density at radius 3 is 2.45 bits per heavy atom. The van der Waals surface area contributed by atoms with Crippen LogP contribution in [-0.2, 0) is 10.3 Å². The van der Waals surface area contributed by atoms with Crippen LogP contribution in [0.3, 0.4) is 0 Å². The van der Waals surface area contributed by atoms with Crippen LogP contribution in [0.4, 0.5) is 0 Å². The van der Waals surface area contributed by atoms with Crippen LogP contribution in [0.1, 0.15) is 23.2 Å². The first kappa shape index (κ1) is 16.8. The summed E-state index contributed by atoms with van der Waals surface area (Å²) in [4.78, 5) is 16.0. The zero-order chi connectivity index (χ0) is 16.5. The molecule has 1 aromatic heterocycles. The van der Waals surface area contributed by atoms with Crippen LogP contribution in [0.5, 0.6) is 0 Å². The first-order chi connectivity index (χ1) is 10.2. The average molecular weight is 331 g/mol. The van der Waals surface area contributed by atoms with Gasteiger partial charge in [-0.2, -0.15) is 12.7 Å². The number of hydrogen-bond donors (Lipinski definition) is 4. The number of rotatable bonds is 4. The van der Waals surface area contributed by atoms with E-state index in [1.165, 1.54) is 24.5 Å². The fraction of sp³-hybridized carbons (Fsp3) is 0.500. The molecule has 1 aromatic rings. The lowest BCUT2D eigenvalue weighted by Crippen LogP contribution is -2.66. The van der Waals surface area contributed by atoms with E-state index in [4.69, 9.17) is 0 Å². The van der Waals surface area contributed by atoms with Crippen LogP contribution in [-0.4, -0.2) is 63.3 Å². The number of aliphatic hydroxyl groups excluding tert-OH is 2. The Morgan fingerprint density at radius 1 is 1.41 bits per heavy atom. The summed E-state index contributed by atoms with van der Waals surface area (Å²) in [7, 11) is -3.68. The Kier molecular flexibility index (Phi) is 4.49. The lowest BCUT2D eigenvalue weighted by atomic mass is 10.1. The molecular weight excluding hydrogens is 314 g/mol. The van der Waals surface area contributed by atoms with E-state index in [9.17, 15) is 28.0 Å². The van der Waals surface area contributed by atoms with Crippen molar-refractivity contribution in [3.8, 4) is 0 Å². The molecule has 3 atom stereocenters. The maximum absolute atomic E-state index is 12.3. The standard InChI is InChI=1S/C12H17N3O6S/c1-15(22(19,20)21)12(5-2-9(16)10(12)17)14-11(18)8-3-6-13-7-4-8/h3-4,6-7,9-10,16-17H,2,5H2,1H3,(H,14,18)(H,19,20,21)/t9-,10-,12+/m0/s1. The number of amides is 1. The molecule has 4 N–H and O–H groups in total. The largest absolute Gasteiger partial charge is 0.390 e. The molecule has 0 spiro atoms. The minimum Gasteiger partial charge on any atom is -0.390 e. The molecular formula is C12H17N3O6S. The fourth-order valence-corrected chi connectivity index (χ4v) is 3.19. The number of pyridine rings is 1. The highest BCUT2D eigenvalue weighted by Crippen LogP contribution is 2.34. The normalized spacial score (nSPS) is 28.8. The van der Waals surface area contributed by atoms with Gasteiger partial charge in [-0.3, -0.25) is 14.3 Å². The topological polar surface area (TPSA) is 140 Å². The first-order valence-corrected chi connectivity index (χ1v) is 7.88. The molecule has 0 bridgehead atoms. The number of likely N-dealkylation sites (N-methyl/N-ethyl adjacent to an activating group) is 1. The van der Waals surface area contributed by atoms with Crippen LogP contribution >= 0.6 is 0 Å². The summed E-state index contributed by atoms with van der Waals surface area (Å²) in [5.74, 6) is -0.661. The van der Waals surface area contributed by atoms with Gasteiger partial charge >= 0.3 is 10.3 Å². The fourth-order valence-electron chi connectivity index (χ4n) is 2.53. The van der Waals surface area contributed by atoms with E-state index in [0.717, 1.165) is 7.05 Å². The van der Waals surface area contributed by atoms with Gasteiger partial charge in [0.05, 0.1) is 6.10 Å². The first-order valence-electron chi connectivity index (χ1n) is 6.48. The highest BCUT2D eigenvalue weighted by molar-refractivity contribution is 7.83. The van der Waals surface area contributed by atoms with Gasteiger partial charge in [-0.05, 0) is 25.0 Å². The molecule has 0 aromatic carbocycles. The van der Waals surface area contributed by atoms with Crippen molar-refractivity contribution in [2.24, 2.45) is 0 Å². The number of hydrogen-bond acceptors (Lipinski definition) is 6. The molecule has 0 saturated heterocycles. The van der Waals surface area contributed by atoms with Crippen LogP contribution in [0.2, 0.25) is 0 Å². The van der Waals surface area contributed by atoms with Gasteiger partial charge in [-0.15, -0.1) is 0 Å². The summed E-state index contributed by atoms with van der Waals surface area (Å²) >= 11 is 0. The van der Waals surface area contributed by atoms with Crippen molar-refractivity contribution in [1.29, 1.82) is 0 Å². The van der Waals surface area contributed by atoms with Crippen molar-refractivity contribution < 1.29 is 28.0 Å². The number of carbonyl (C=O) groups excluding carboxylic acids is 1. The van der Waals surface area contributed by atoms with Crippen LogP contribution < -0.4 is 5.32 Å². The smallest absolute Gasteiger partial charge is 0.337 e. The molecule has 0 unspecified atom stereocenters. The van der Waals surface area contributed by atoms with Gasteiger partial charge in [0.15, 0.2) is 0 Å². The summed E-state index contributed by atoms with van der Waals surface area (Å²) < 4.78 is 32.5. The van der Waals surface area contributed by atoms with Gasteiger partial charge in [0.2, 0.25) is 0 Å². The van der Waals surface area contributed by atoms with Gasteiger partial charge in [0.1, 0.15) is 11.8 Å². The monoisotopic (exact) mass is 331 g/mol. The van der Waals surface area contributed by atoms with E-state index < -0.39 is 34.1 Å². The van der Waals surface area contributed by atoms with Gasteiger partial charge < -0.3 is 15.5 Å². The molecule has 122 valence electrons. The van der Waals surface area contributed by atoms with Gasteiger partial charge in [-0.25, -0.2) is 0 Å². The molecule has 22 heavy (non-hydrogen) atoms. The molecule has 2 rings (SSSR count). The minimum atomic E-state index is -4.69. The number of nitrogens with zero attached hydrogens (tertiary/aromatic N) is 2. The number of nitrogens with one attached hydrogen (secondary N) is 1. The summed E-state index contributed by atoms with van der Waals surface area (Å²) in [6.07, 6.45) is -0.0191. The summed E-state index contributed by atoms with van der Waals surface area (Å²) in [5.41, 5.74) is -1.63. The van der Waals surface area contributed by atoms with E-state index in [2.05, 4.69) is 10.3 Å². The van der Waals surface area contributed by atoms with Crippen molar-refractivity contribution in [2.75, 3.05) is 7.05 Å². The van der Waals surface area contributed by atoms with E-state index in [-0.39, 0.29) is 18.4 Å². The summed E-state index contributed by atoms with van der Waals surface area (Å²) in [5, 5.41) is 22.3. The Bertz CT molecular complexity index is 652. The maximum Gasteiger partial charge on any atom is 0.337 e. The third kappa shape index (κ3) is 2.96. The van der Waals surface area contributed by atoms with Crippen molar-refractivity contribution in [2.45, 2.75) is 30.7 Å². The number of carbonyl (C=O) groups is 1. The van der Waals surface area contributed by atoms with Crippen molar-refractivity contribution >= 4 is 16.2 Å². The highest BCUT2D eigenvalue weighted by Gasteiger charge is 2.54. The van der Waals surface area contributed by atoms with Crippen molar-refractivity contribution in [3.05, 3.63) is 30.1 Å². The van der Waals surface area contributed by atoms with Crippen molar-refractivity contribution in [1.82, 2.24) is 14.6 Å². The van der Waals surface area contributed by atoms with Crippen LogP contribution in [0.25, 0.3) is 0 Å². The number of aliphatic hydroxyl groups is 2. The van der Waals surface area contributed by atoms with Crippen molar-refractivity contribution in [3.63, 3.8) is 0 Å². The molecule has 1 aliphatic carbocycles. The summed E-state index contributed by atoms with van der Waals surface area (Å²) in [6.45, 7) is 0. The molecule has 1 aliphatic rings. The quantitative estimate of drug-likeness (QED) is 0.399. The Balaban J connectivity index is 2.37. The summed E-state index contributed by atoms with van der Waals surface area (Å²) in [6, 6.07) is 2.82. The number of aromatic nitrogens is 1. The van der Waals surface area contributed by atoms with Gasteiger partial charge in [-0.1, -0.05) is 0 Å². The van der Waals surface area contributed by atoms with Gasteiger partial charge in [0, 0.05) is 25.0 Å². The Morgan fingerprint density at radius 2 is 2.00 bits per heavy atom. The van der Waals surface area contributed by atoms with Gasteiger partial charge in [0.25, 0.3) is 5.91 Å². The lowest BCUT2D eigenvalue weighted by molar-refractivity contribution is -0.0348. The Labute approximate surface area is 127 Å². The molecule has 9 nitrogen and oxygen atoms in total. The average Bonchev–Trinajstić information content (AvgIpc) is 2.76. The van der Waals surface area contributed by atoms with E-state index in [1.807, 2.05) is 0 Å². The Hall–Kier alpha value is -1.59. The zero-order valence-electron chi connectivity index (χ0n) is 11.7. The van der Waals surface area contributed by atoms with Crippen LogP contribution in [0.15, 0.2) is 24.5 Å². The molecule has 0 radical (unpaired) electrons. The third-order valence-electron chi connectivity index (χ3n) is 3.86. The van der Waals surface area contributed by atoms with E-state index >= 15 is 0 Å². The molecule has 1 fully saturated rings. The van der Waals surface area contributed by atoms with Crippen LogP contribution in [0, 0.1) is 0 Å². The van der Waals surface area contributed by atoms with E-state index in [0.29, 0.717) is 4.31 Å². The second-order valence-corrected chi connectivity index (χ2v) is 6.55. The van der Waals surface area contributed by atoms with E-state index in [1.54, 1.807) is 0 Å². The molecule has 1 saturated carbocycles. The molecule has 1 heterocycles. The molecule has 0 aliphatic heterocycles.